The Balaban J connectivity index is 2.44. The van der Waals surface area contributed by atoms with E-state index in [0.29, 0.717) is 15.3 Å². The summed E-state index contributed by atoms with van der Waals surface area (Å²) in [4.78, 5) is 13.0. The molecule has 2 aromatic rings. The Bertz CT molecular complexity index is 634. The molecule has 0 radical (unpaired) electrons. The molecule has 0 aliphatic heterocycles. The maximum atomic E-state index is 13.7. The van der Waals surface area contributed by atoms with E-state index in [1.165, 1.54) is 17.4 Å². The molecule has 0 unspecified atom stereocenters. The second-order valence-electron chi connectivity index (χ2n) is 4.43. The van der Waals surface area contributed by atoms with Crippen molar-refractivity contribution in [2.75, 3.05) is 0 Å². The van der Waals surface area contributed by atoms with Crippen LogP contribution in [-0.2, 0) is 0 Å². The number of hydrogen-bond donors (Lipinski definition) is 0. The molecule has 0 fully saturated rings. The SMILES string of the molecule is CC(C)C(=O)c1ccc(-c2cc(Br)c(F)cc2F)s1. The van der Waals surface area contributed by atoms with Crippen molar-refractivity contribution in [1.29, 1.82) is 0 Å². The highest BCUT2D eigenvalue weighted by atomic mass is 79.9. The number of rotatable bonds is 3. The molecule has 0 aliphatic carbocycles. The Labute approximate surface area is 122 Å². The van der Waals surface area contributed by atoms with Crippen molar-refractivity contribution in [3.8, 4) is 10.4 Å². The van der Waals surface area contributed by atoms with Crippen molar-refractivity contribution >= 4 is 33.0 Å². The summed E-state index contributed by atoms with van der Waals surface area (Å²) in [5.41, 5.74) is 0.293. The van der Waals surface area contributed by atoms with Crippen LogP contribution in [0.2, 0.25) is 0 Å². The number of hydrogen-bond acceptors (Lipinski definition) is 2. The van der Waals surface area contributed by atoms with E-state index in [1.54, 1.807) is 12.1 Å². The third kappa shape index (κ3) is 2.92. The van der Waals surface area contributed by atoms with Gasteiger partial charge in [-0.3, -0.25) is 4.79 Å². The van der Waals surface area contributed by atoms with E-state index in [9.17, 15) is 13.6 Å². The molecular weight excluding hydrogens is 334 g/mol. The van der Waals surface area contributed by atoms with Gasteiger partial charge in [0.1, 0.15) is 11.6 Å². The molecule has 1 heterocycles. The van der Waals surface area contributed by atoms with Crippen LogP contribution in [0.5, 0.6) is 0 Å². The Morgan fingerprint density at radius 2 is 1.89 bits per heavy atom. The lowest BCUT2D eigenvalue weighted by atomic mass is 10.1. The van der Waals surface area contributed by atoms with Gasteiger partial charge in [-0.05, 0) is 34.1 Å². The van der Waals surface area contributed by atoms with Crippen molar-refractivity contribution in [2.45, 2.75) is 13.8 Å². The van der Waals surface area contributed by atoms with Gasteiger partial charge in [-0.2, -0.15) is 0 Å². The van der Waals surface area contributed by atoms with Gasteiger partial charge in [0.2, 0.25) is 0 Å². The summed E-state index contributed by atoms with van der Waals surface area (Å²) in [6.07, 6.45) is 0. The summed E-state index contributed by atoms with van der Waals surface area (Å²) in [6, 6.07) is 5.59. The van der Waals surface area contributed by atoms with E-state index >= 15 is 0 Å². The van der Waals surface area contributed by atoms with Gasteiger partial charge >= 0.3 is 0 Å². The molecule has 0 N–H and O–H groups in total. The van der Waals surface area contributed by atoms with Crippen LogP contribution >= 0.6 is 27.3 Å². The van der Waals surface area contributed by atoms with Crippen LogP contribution < -0.4 is 0 Å². The van der Waals surface area contributed by atoms with Gasteiger partial charge in [0, 0.05) is 22.4 Å². The van der Waals surface area contributed by atoms with Gasteiger partial charge < -0.3 is 0 Å². The molecular formula is C14H11BrF2OS. The molecule has 5 heteroatoms. The highest BCUT2D eigenvalue weighted by molar-refractivity contribution is 9.10. The average molecular weight is 345 g/mol. The molecule has 0 saturated heterocycles. The van der Waals surface area contributed by atoms with Crippen LogP contribution in [0.1, 0.15) is 23.5 Å². The molecule has 0 aliphatic rings. The molecule has 1 nitrogen and oxygen atoms in total. The van der Waals surface area contributed by atoms with Gasteiger partial charge in [0.25, 0.3) is 0 Å². The molecule has 0 spiro atoms. The first kappa shape index (κ1) is 14.3. The van der Waals surface area contributed by atoms with E-state index in [1.807, 2.05) is 13.8 Å². The fraction of sp³-hybridized carbons (Fsp3) is 0.214. The molecule has 100 valence electrons. The van der Waals surface area contributed by atoms with Crippen LogP contribution in [0, 0.1) is 17.6 Å². The Hall–Kier alpha value is -1.07. The number of thiophene rings is 1. The first-order chi connectivity index (χ1) is 8.90. The topological polar surface area (TPSA) is 17.1 Å². The van der Waals surface area contributed by atoms with Gasteiger partial charge in [-0.25, -0.2) is 8.78 Å². The summed E-state index contributed by atoms with van der Waals surface area (Å²) in [6.45, 7) is 3.63. The van der Waals surface area contributed by atoms with Crippen LogP contribution in [0.25, 0.3) is 10.4 Å². The van der Waals surface area contributed by atoms with Crippen LogP contribution in [0.4, 0.5) is 8.78 Å². The average Bonchev–Trinajstić information content (AvgIpc) is 2.81. The number of carbonyl (C=O) groups is 1. The molecule has 2 rings (SSSR count). The molecule has 1 aromatic heterocycles. The second kappa shape index (κ2) is 5.51. The van der Waals surface area contributed by atoms with E-state index < -0.39 is 11.6 Å². The lowest BCUT2D eigenvalue weighted by Crippen LogP contribution is -2.04. The Morgan fingerprint density at radius 3 is 2.53 bits per heavy atom. The standard InChI is InChI=1S/C14H11BrF2OS/c1-7(2)14(18)13-4-3-12(19-13)8-5-9(15)11(17)6-10(8)16/h3-7H,1-2H3. The normalized spacial score (nSPS) is 11.1. The Kier molecular flexibility index (Phi) is 4.16. The minimum absolute atomic E-state index is 0.0258. The highest BCUT2D eigenvalue weighted by Gasteiger charge is 2.16. The number of halogens is 3. The highest BCUT2D eigenvalue weighted by Crippen LogP contribution is 2.33. The maximum absolute atomic E-state index is 13.7. The third-order valence-corrected chi connectivity index (χ3v) is 4.39. The van der Waals surface area contributed by atoms with Gasteiger partial charge in [-0.15, -0.1) is 11.3 Å². The van der Waals surface area contributed by atoms with Crippen LogP contribution in [0.3, 0.4) is 0 Å². The fourth-order valence-corrected chi connectivity index (χ4v) is 3.07. The maximum Gasteiger partial charge on any atom is 0.175 e. The minimum atomic E-state index is -0.642. The molecule has 0 atom stereocenters. The van der Waals surface area contributed by atoms with Gasteiger partial charge in [-0.1, -0.05) is 13.8 Å². The predicted octanol–water partition coefficient (Wildman–Crippen LogP) is 5.29. The minimum Gasteiger partial charge on any atom is -0.293 e. The first-order valence-electron chi connectivity index (χ1n) is 5.69. The zero-order valence-electron chi connectivity index (χ0n) is 10.3. The zero-order valence-corrected chi connectivity index (χ0v) is 12.7. The predicted molar refractivity (Wildman–Crippen MR) is 76.5 cm³/mol. The quantitative estimate of drug-likeness (QED) is 0.545. The Morgan fingerprint density at radius 1 is 1.21 bits per heavy atom. The number of benzene rings is 1. The van der Waals surface area contributed by atoms with E-state index in [0.717, 1.165) is 6.07 Å². The van der Waals surface area contributed by atoms with E-state index in [4.69, 9.17) is 0 Å². The lowest BCUT2D eigenvalue weighted by molar-refractivity contribution is 0.0943. The monoisotopic (exact) mass is 344 g/mol. The van der Waals surface area contributed by atoms with Gasteiger partial charge in [0.15, 0.2) is 5.78 Å². The van der Waals surface area contributed by atoms with Crippen molar-refractivity contribution in [1.82, 2.24) is 0 Å². The van der Waals surface area contributed by atoms with Crippen molar-refractivity contribution in [3.63, 3.8) is 0 Å². The molecule has 19 heavy (non-hydrogen) atoms. The molecule has 0 amide bonds. The summed E-state index contributed by atoms with van der Waals surface area (Å²) in [5.74, 6) is -1.35. The smallest absolute Gasteiger partial charge is 0.175 e. The van der Waals surface area contributed by atoms with Crippen molar-refractivity contribution in [2.24, 2.45) is 5.92 Å². The largest absolute Gasteiger partial charge is 0.293 e. The molecule has 1 aromatic carbocycles. The van der Waals surface area contributed by atoms with Crippen molar-refractivity contribution < 1.29 is 13.6 Å². The number of carbonyl (C=O) groups excluding carboxylic acids is 1. The fourth-order valence-electron chi connectivity index (χ4n) is 1.61. The van der Waals surface area contributed by atoms with E-state index in [-0.39, 0.29) is 16.2 Å². The molecule has 0 saturated carbocycles. The van der Waals surface area contributed by atoms with Crippen LogP contribution in [-0.4, -0.2) is 5.78 Å². The molecule has 0 bridgehead atoms. The van der Waals surface area contributed by atoms with E-state index in [2.05, 4.69) is 15.9 Å². The number of ketones is 1. The summed E-state index contributed by atoms with van der Waals surface area (Å²) in [5, 5.41) is 0. The summed E-state index contributed by atoms with van der Waals surface area (Å²) < 4.78 is 27.1. The second-order valence-corrected chi connectivity index (χ2v) is 6.37. The summed E-state index contributed by atoms with van der Waals surface area (Å²) in [7, 11) is 0. The number of Topliss-reactive ketones (excluding diaryl/α,β-unsaturated/α-hetero) is 1. The first-order valence-corrected chi connectivity index (χ1v) is 7.30. The zero-order chi connectivity index (χ0) is 14.2. The summed E-state index contributed by atoms with van der Waals surface area (Å²) >= 11 is 4.25. The van der Waals surface area contributed by atoms with Gasteiger partial charge in [0.05, 0.1) is 9.35 Å². The van der Waals surface area contributed by atoms with Crippen LogP contribution in [0.15, 0.2) is 28.7 Å². The lowest BCUT2D eigenvalue weighted by Gasteiger charge is -2.03. The third-order valence-electron chi connectivity index (χ3n) is 2.65. The van der Waals surface area contributed by atoms with Crippen molar-refractivity contribution in [3.05, 3.63) is 45.2 Å².